The van der Waals surface area contributed by atoms with E-state index in [1.54, 1.807) is 12.1 Å². The minimum absolute atomic E-state index is 0.176. The Kier molecular flexibility index (Phi) is 5.50. The van der Waals surface area contributed by atoms with E-state index in [1.165, 1.54) is 11.3 Å². The Balaban J connectivity index is 1.99. The minimum atomic E-state index is -0.886. The van der Waals surface area contributed by atoms with Crippen LogP contribution in [-0.2, 0) is 13.0 Å². The standard InChI is InChI=1S/C16H17Cl2NO2S/c1-16(2,8-10-3-4-11(17)7-13(10)18)19-9-12-5-6-14(22-12)15(20)21/h3-7,19H,8-9H2,1-2H3,(H,20,21). The summed E-state index contributed by atoms with van der Waals surface area (Å²) >= 11 is 13.4. The van der Waals surface area contributed by atoms with Gasteiger partial charge in [0.15, 0.2) is 0 Å². The monoisotopic (exact) mass is 357 g/mol. The van der Waals surface area contributed by atoms with Crippen LogP contribution in [0.25, 0.3) is 0 Å². The lowest BCUT2D eigenvalue weighted by atomic mass is 9.95. The van der Waals surface area contributed by atoms with Crippen LogP contribution in [0.5, 0.6) is 0 Å². The fourth-order valence-electron chi connectivity index (χ4n) is 2.12. The highest BCUT2D eigenvalue weighted by Crippen LogP contribution is 2.25. The van der Waals surface area contributed by atoms with Crippen LogP contribution in [0.3, 0.4) is 0 Å². The maximum atomic E-state index is 10.9. The maximum absolute atomic E-state index is 10.9. The minimum Gasteiger partial charge on any atom is -0.477 e. The number of thiophene rings is 1. The van der Waals surface area contributed by atoms with Gasteiger partial charge in [0.05, 0.1) is 0 Å². The van der Waals surface area contributed by atoms with Gasteiger partial charge in [-0.15, -0.1) is 11.3 Å². The van der Waals surface area contributed by atoms with E-state index in [-0.39, 0.29) is 5.54 Å². The Morgan fingerprint density at radius 1 is 1.27 bits per heavy atom. The van der Waals surface area contributed by atoms with E-state index in [1.807, 2.05) is 18.2 Å². The molecule has 0 amide bonds. The lowest BCUT2D eigenvalue weighted by molar-refractivity contribution is 0.0702. The second-order valence-corrected chi connectivity index (χ2v) is 7.73. The molecule has 0 radical (unpaired) electrons. The first-order valence-electron chi connectivity index (χ1n) is 6.78. The van der Waals surface area contributed by atoms with Gasteiger partial charge in [0.25, 0.3) is 0 Å². The molecule has 1 aromatic carbocycles. The van der Waals surface area contributed by atoms with Crippen molar-refractivity contribution in [1.82, 2.24) is 5.32 Å². The molecule has 0 saturated carbocycles. The van der Waals surface area contributed by atoms with Gasteiger partial charge in [0, 0.05) is 27.0 Å². The van der Waals surface area contributed by atoms with Crippen molar-refractivity contribution < 1.29 is 9.90 Å². The molecule has 118 valence electrons. The Bertz CT molecular complexity index is 683. The number of carboxylic acid groups (broad SMARTS) is 1. The first kappa shape index (κ1) is 17.3. The third kappa shape index (κ3) is 4.71. The zero-order valence-electron chi connectivity index (χ0n) is 12.3. The molecule has 0 saturated heterocycles. The van der Waals surface area contributed by atoms with Crippen molar-refractivity contribution in [2.45, 2.75) is 32.4 Å². The molecule has 22 heavy (non-hydrogen) atoms. The third-order valence-electron chi connectivity index (χ3n) is 3.26. The molecular weight excluding hydrogens is 341 g/mol. The van der Waals surface area contributed by atoms with Crippen molar-refractivity contribution in [3.05, 3.63) is 55.7 Å². The summed E-state index contributed by atoms with van der Waals surface area (Å²) in [6, 6.07) is 8.98. The number of hydrogen-bond donors (Lipinski definition) is 2. The van der Waals surface area contributed by atoms with Crippen LogP contribution in [0.1, 0.15) is 34.0 Å². The van der Waals surface area contributed by atoms with Crippen LogP contribution in [0.2, 0.25) is 10.0 Å². The van der Waals surface area contributed by atoms with E-state index in [0.717, 1.165) is 16.9 Å². The van der Waals surface area contributed by atoms with E-state index in [9.17, 15) is 4.79 Å². The van der Waals surface area contributed by atoms with Crippen molar-refractivity contribution in [3.63, 3.8) is 0 Å². The molecule has 0 fully saturated rings. The van der Waals surface area contributed by atoms with Gasteiger partial charge in [-0.25, -0.2) is 4.79 Å². The molecule has 0 unspecified atom stereocenters. The number of carbonyl (C=O) groups is 1. The molecule has 0 atom stereocenters. The van der Waals surface area contributed by atoms with E-state index in [0.29, 0.717) is 21.5 Å². The number of halogens is 2. The molecule has 0 aliphatic heterocycles. The second kappa shape index (κ2) is 7.01. The SMILES string of the molecule is CC(C)(Cc1ccc(Cl)cc1Cl)NCc1ccc(C(=O)O)s1. The Morgan fingerprint density at radius 2 is 2.00 bits per heavy atom. The summed E-state index contributed by atoms with van der Waals surface area (Å²) in [6.45, 7) is 4.80. The summed E-state index contributed by atoms with van der Waals surface area (Å²) < 4.78 is 0. The Labute approximate surface area is 143 Å². The molecule has 2 N–H and O–H groups in total. The largest absolute Gasteiger partial charge is 0.477 e. The number of rotatable bonds is 6. The van der Waals surface area contributed by atoms with Gasteiger partial charge in [-0.3, -0.25) is 0 Å². The lowest BCUT2D eigenvalue weighted by Gasteiger charge is -2.27. The summed E-state index contributed by atoms with van der Waals surface area (Å²) in [5, 5.41) is 13.7. The summed E-state index contributed by atoms with van der Waals surface area (Å²) in [7, 11) is 0. The van der Waals surface area contributed by atoms with Gasteiger partial charge >= 0.3 is 5.97 Å². The Hall–Kier alpha value is -1.07. The zero-order chi connectivity index (χ0) is 16.3. The summed E-state index contributed by atoms with van der Waals surface area (Å²) in [4.78, 5) is 12.2. The predicted molar refractivity (Wildman–Crippen MR) is 92.4 cm³/mol. The van der Waals surface area contributed by atoms with Gasteiger partial charge in [0.2, 0.25) is 0 Å². The van der Waals surface area contributed by atoms with Crippen LogP contribution < -0.4 is 5.32 Å². The highest BCUT2D eigenvalue weighted by molar-refractivity contribution is 7.13. The molecule has 0 aliphatic rings. The highest BCUT2D eigenvalue weighted by atomic mass is 35.5. The molecular formula is C16H17Cl2NO2S. The molecule has 2 aromatic rings. The fourth-order valence-corrected chi connectivity index (χ4v) is 3.38. The molecule has 3 nitrogen and oxygen atoms in total. The molecule has 2 rings (SSSR count). The van der Waals surface area contributed by atoms with Gasteiger partial charge in [-0.1, -0.05) is 29.3 Å². The van der Waals surface area contributed by atoms with Gasteiger partial charge in [-0.2, -0.15) is 0 Å². The van der Waals surface area contributed by atoms with Gasteiger partial charge in [-0.05, 0) is 50.1 Å². The lowest BCUT2D eigenvalue weighted by Crippen LogP contribution is -2.40. The fraction of sp³-hybridized carbons (Fsp3) is 0.312. The van der Waals surface area contributed by atoms with Crippen LogP contribution >= 0.6 is 34.5 Å². The van der Waals surface area contributed by atoms with Crippen LogP contribution in [0, 0.1) is 0 Å². The summed E-state index contributed by atoms with van der Waals surface area (Å²) in [6.07, 6.45) is 0.750. The zero-order valence-corrected chi connectivity index (χ0v) is 14.6. The number of benzene rings is 1. The predicted octanol–water partition coefficient (Wildman–Crippen LogP) is 4.86. The number of hydrogen-bond acceptors (Lipinski definition) is 3. The number of aromatic carboxylic acids is 1. The van der Waals surface area contributed by atoms with Crippen molar-refractivity contribution >= 4 is 40.5 Å². The van der Waals surface area contributed by atoms with Crippen LogP contribution in [-0.4, -0.2) is 16.6 Å². The van der Waals surface area contributed by atoms with Crippen LogP contribution in [0.15, 0.2) is 30.3 Å². The van der Waals surface area contributed by atoms with E-state index in [2.05, 4.69) is 19.2 Å². The van der Waals surface area contributed by atoms with E-state index >= 15 is 0 Å². The van der Waals surface area contributed by atoms with E-state index in [4.69, 9.17) is 28.3 Å². The molecule has 0 spiro atoms. The van der Waals surface area contributed by atoms with Crippen LogP contribution in [0.4, 0.5) is 0 Å². The van der Waals surface area contributed by atoms with E-state index < -0.39 is 5.97 Å². The summed E-state index contributed by atoms with van der Waals surface area (Å²) in [5.74, 6) is -0.886. The normalized spacial score (nSPS) is 11.6. The molecule has 1 aromatic heterocycles. The molecule has 1 heterocycles. The number of nitrogens with one attached hydrogen (secondary N) is 1. The van der Waals surface area contributed by atoms with Crippen molar-refractivity contribution in [1.29, 1.82) is 0 Å². The van der Waals surface area contributed by atoms with Crippen molar-refractivity contribution in [2.24, 2.45) is 0 Å². The highest BCUT2D eigenvalue weighted by Gasteiger charge is 2.20. The Morgan fingerprint density at radius 3 is 2.59 bits per heavy atom. The first-order valence-corrected chi connectivity index (χ1v) is 8.35. The quantitative estimate of drug-likeness (QED) is 0.775. The topological polar surface area (TPSA) is 49.3 Å². The first-order chi connectivity index (χ1) is 10.3. The summed E-state index contributed by atoms with van der Waals surface area (Å²) in [5.41, 5.74) is 0.853. The molecule has 6 heteroatoms. The molecule has 0 bridgehead atoms. The van der Waals surface area contributed by atoms with Crippen molar-refractivity contribution in [3.8, 4) is 0 Å². The van der Waals surface area contributed by atoms with Gasteiger partial charge in [0.1, 0.15) is 4.88 Å². The third-order valence-corrected chi connectivity index (χ3v) is 4.92. The average Bonchev–Trinajstić information content (AvgIpc) is 2.89. The molecule has 0 aliphatic carbocycles. The maximum Gasteiger partial charge on any atom is 0.345 e. The average molecular weight is 358 g/mol. The smallest absolute Gasteiger partial charge is 0.345 e. The second-order valence-electron chi connectivity index (χ2n) is 5.72. The van der Waals surface area contributed by atoms with Gasteiger partial charge < -0.3 is 10.4 Å². The van der Waals surface area contributed by atoms with Crippen molar-refractivity contribution in [2.75, 3.05) is 0 Å². The number of carboxylic acids is 1.